The van der Waals surface area contributed by atoms with E-state index in [9.17, 15) is 5.26 Å². The van der Waals surface area contributed by atoms with E-state index in [0.29, 0.717) is 17.1 Å². The van der Waals surface area contributed by atoms with Crippen molar-refractivity contribution in [2.45, 2.75) is 20.0 Å². The van der Waals surface area contributed by atoms with Gasteiger partial charge in [-0.05, 0) is 60.1 Å². The van der Waals surface area contributed by atoms with Crippen LogP contribution in [0.5, 0.6) is 5.75 Å². The zero-order chi connectivity index (χ0) is 18.0. The topological polar surface area (TPSA) is 61.7 Å². The molecule has 0 unspecified atom stereocenters. The summed E-state index contributed by atoms with van der Waals surface area (Å²) in [5.41, 5.74) is 2.96. The Balaban J connectivity index is 2.12. The molecule has 4 nitrogen and oxygen atoms in total. The highest BCUT2D eigenvalue weighted by Crippen LogP contribution is 2.35. The van der Waals surface area contributed by atoms with Crippen molar-refractivity contribution < 1.29 is 4.74 Å². The second-order valence-corrected chi connectivity index (χ2v) is 7.51. The molecule has 0 aliphatic rings. The molecular weight excluding hydrogens is 446 g/mol. The first kappa shape index (κ1) is 17.7. The minimum Gasteiger partial charge on any atom is -0.489 e. The number of nitrogens with one attached hydrogen (secondary N) is 1. The summed E-state index contributed by atoms with van der Waals surface area (Å²) in [6.45, 7) is 3.93. The normalized spacial score (nSPS) is 11.8. The Morgan fingerprint density at radius 1 is 1.28 bits per heavy atom. The average molecular weight is 461 g/mol. The Morgan fingerprint density at radius 3 is 2.72 bits per heavy atom. The fraction of sp³-hybridized carbons (Fsp3) is 0.158. The molecule has 0 aliphatic heterocycles. The third-order valence-corrected chi connectivity index (χ3v) is 4.50. The molecule has 1 aromatic heterocycles. The number of allylic oxidation sites excluding steroid dienone is 1. The first-order valence-corrected chi connectivity index (χ1v) is 9.29. The van der Waals surface area contributed by atoms with E-state index in [-0.39, 0.29) is 6.10 Å². The number of aromatic nitrogens is 2. The fourth-order valence-electron chi connectivity index (χ4n) is 2.44. The monoisotopic (exact) mass is 459 g/mol. The molecule has 0 saturated heterocycles. The van der Waals surface area contributed by atoms with Crippen molar-refractivity contribution in [3.05, 3.63) is 56.7 Å². The molecule has 3 rings (SSSR count). The highest BCUT2D eigenvalue weighted by Gasteiger charge is 2.14. The standard InChI is InChI=1S/C19H15Br2N3O/c1-11(2)25-18-12(8-14(20)9-15(18)21)7-13(10-22)19-23-16-5-3-4-6-17(16)24-19/h3-9,11H,1-2H3,(H,23,24). The smallest absolute Gasteiger partial charge is 0.149 e. The molecule has 1 heterocycles. The van der Waals surface area contributed by atoms with Crippen LogP contribution >= 0.6 is 31.9 Å². The van der Waals surface area contributed by atoms with Crippen molar-refractivity contribution >= 4 is 54.5 Å². The van der Waals surface area contributed by atoms with Gasteiger partial charge in [-0.2, -0.15) is 5.26 Å². The van der Waals surface area contributed by atoms with E-state index in [2.05, 4.69) is 47.9 Å². The van der Waals surface area contributed by atoms with Crippen molar-refractivity contribution in [3.8, 4) is 11.8 Å². The average Bonchev–Trinajstić information content (AvgIpc) is 2.99. The van der Waals surface area contributed by atoms with Crippen LogP contribution in [0.2, 0.25) is 0 Å². The summed E-state index contributed by atoms with van der Waals surface area (Å²) in [5, 5.41) is 9.63. The number of hydrogen-bond donors (Lipinski definition) is 1. The third-order valence-electron chi connectivity index (χ3n) is 3.46. The SMILES string of the molecule is CC(C)Oc1c(Br)cc(Br)cc1C=C(C#N)c1nc2ccccc2[nH]1. The van der Waals surface area contributed by atoms with Crippen LogP contribution in [0.25, 0.3) is 22.7 Å². The molecule has 126 valence electrons. The number of hydrogen-bond acceptors (Lipinski definition) is 3. The molecule has 6 heteroatoms. The van der Waals surface area contributed by atoms with Gasteiger partial charge in [0.25, 0.3) is 0 Å². The molecule has 3 aromatic rings. The minimum atomic E-state index is 0.0152. The summed E-state index contributed by atoms with van der Waals surface area (Å²) in [6.07, 6.45) is 1.80. The van der Waals surface area contributed by atoms with Crippen LogP contribution in [0.3, 0.4) is 0 Å². The highest BCUT2D eigenvalue weighted by molar-refractivity contribution is 9.11. The lowest BCUT2D eigenvalue weighted by Gasteiger charge is -2.15. The van der Waals surface area contributed by atoms with E-state index in [1.807, 2.05) is 50.2 Å². The predicted octanol–water partition coefficient (Wildman–Crippen LogP) is 5.94. The molecular formula is C19H15Br2N3O. The molecule has 0 atom stereocenters. The van der Waals surface area contributed by atoms with Crippen molar-refractivity contribution in [1.82, 2.24) is 9.97 Å². The van der Waals surface area contributed by atoms with Crippen molar-refractivity contribution in [2.75, 3.05) is 0 Å². The number of nitriles is 1. The van der Waals surface area contributed by atoms with Crippen LogP contribution in [0.4, 0.5) is 0 Å². The number of ether oxygens (including phenoxy) is 1. The van der Waals surface area contributed by atoms with Gasteiger partial charge in [0.05, 0.1) is 27.2 Å². The van der Waals surface area contributed by atoms with Gasteiger partial charge in [0.1, 0.15) is 17.6 Å². The van der Waals surface area contributed by atoms with E-state index < -0.39 is 0 Å². The lowest BCUT2D eigenvalue weighted by molar-refractivity contribution is 0.240. The summed E-state index contributed by atoms with van der Waals surface area (Å²) in [6, 6.07) is 13.8. The first-order chi connectivity index (χ1) is 12.0. The number of halogens is 2. The molecule has 25 heavy (non-hydrogen) atoms. The molecule has 1 N–H and O–H groups in total. The number of para-hydroxylation sites is 2. The van der Waals surface area contributed by atoms with Crippen LogP contribution in [0.15, 0.2) is 45.3 Å². The van der Waals surface area contributed by atoms with E-state index in [0.717, 1.165) is 25.5 Å². The van der Waals surface area contributed by atoms with Crippen LogP contribution in [0.1, 0.15) is 25.2 Å². The van der Waals surface area contributed by atoms with Crippen LogP contribution in [-0.2, 0) is 0 Å². The number of fused-ring (bicyclic) bond motifs is 1. The van der Waals surface area contributed by atoms with Gasteiger partial charge in [-0.3, -0.25) is 0 Å². The molecule has 0 aliphatic carbocycles. The van der Waals surface area contributed by atoms with Gasteiger partial charge in [0, 0.05) is 10.0 Å². The molecule has 0 fully saturated rings. The highest BCUT2D eigenvalue weighted by atomic mass is 79.9. The lowest BCUT2D eigenvalue weighted by Crippen LogP contribution is -2.07. The third kappa shape index (κ3) is 3.94. The van der Waals surface area contributed by atoms with E-state index in [1.165, 1.54) is 0 Å². The zero-order valence-corrected chi connectivity index (χ0v) is 16.8. The van der Waals surface area contributed by atoms with Crippen LogP contribution in [-0.4, -0.2) is 16.1 Å². The van der Waals surface area contributed by atoms with Gasteiger partial charge < -0.3 is 9.72 Å². The Morgan fingerprint density at radius 2 is 2.04 bits per heavy atom. The van der Waals surface area contributed by atoms with Gasteiger partial charge in [-0.15, -0.1) is 0 Å². The van der Waals surface area contributed by atoms with Gasteiger partial charge in [0.2, 0.25) is 0 Å². The maximum Gasteiger partial charge on any atom is 0.149 e. The maximum atomic E-state index is 9.63. The van der Waals surface area contributed by atoms with E-state index >= 15 is 0 Å². The Labute approximate surface area is 162 Å². The molecule has 0 spiro atoms. The summed E-state index contributed by atoms with van der Waals surface area (Å²) in [5.74, 6) is 1.23. The number of rotatable bonds is 4. The van der Waals surface area contributed by atoms with Crippen LogP contribution < -0.4 is 4.74 Å². The summed E-state index contributed by atoms with van der Waals surface area (Å²) in [7, 11) is 0. The second-order valence-electron chi connectivity index (χ2n) is 5.74. The van der Waals surface area contributed by atoms with Crippen molar-refractivity contribution in [2.24, 2.45) is 0 Å². The van der Waals surface area contributed by atoms with E-state index in [4.69, 9.17) is 4.74 Å². The zero-order valence-electron chi connectivity index (χ0n) is 13.7. The van der Waals surface area contributed by atoms with Gasteiger partial charge >= 0.3 is 0 Å². The minimum absolute atomic E-state index is 0.0152. The summed E-state index contributed by atoms with van der Waals surface area (Å²) >= 11 is 7.02. The fourth-order valence-corrected chi connectivity index (χ4v) is 3.79. The number of imidazole rings is 1. The molecule has 2 aromatic carbocycles. The number of nitrogens with zero attached hydrogens (tertiary/aromatic N) is 2. The quantitative estimate of drug-likeness (QED) is 0.490. The first-order valence-electron chi connectivity index (χ1n) is 7.70. The van der Waals surface area contributed by atoms with Crippen molar-refractivity contribution in [1.29, 1.82) is 5.26 Å². The van der Waals surface area contributed by atoms with E-state index in [1.54, 1.807) is 6.08 Å². The van der Waals surface area contributed by atoms with Crippen molar-refractivity contribution in [3.63, 3.8) is 0 Å². The Hall–Kier alpha value is -2.10. The largest absolute Gasteiger partial charge is 0.489 e. The van der Waals surface area contributed by atoms with Gasteiger partial charge in [-0.25, -0.2) is 4.98 Å². The van der Waals surface area contributed by atoms with Gasteiger partial charge in [0.15, 0.2) is 0 Å². The summed E-state index contributed by atoms with van der Waals surface area (Å²) in [4.78, 5) is 7.70. The Bertz CT molecular complexity index is 967. The summed E-state index contributed by atoms with van der Waals surface area (Å²) < 4.78 is 7.63. The molecule has 0 saturated carbocycles. The maximum absolute atomic E-state index is 9.63. The lowest BCUT2D eigenvalue weighted by atomic mass is 10.1. The number of H-pyrrole nitrogens is 1. The van der Waals surface area contributed by atoms with Gasteiger partial charge in [-0.1, -0.05) is 28.1 Å². The number of benzene rings is 2. The number of aromatic amines is 1. The molecule has 0 bridgehead atoms. The Kier molecular flexibility index (Phi) is 5.26. The molecule has 0 amide bonds. The van der Waals surface area contributed by atoms with Crippen LogP contribution in [0, 0.1) is 11.3 Å². The second kappa shape index (κ2) is 7.42. The predicted molar refractivity (Wildman–Crippen MR) is 107 cm³/mol. The molecule has 0 radical (unpaired) electrons.